The highest BCUT2D eigenvalue weighted by Gasteiger charge is 2.18. The van der Waals surface area contributed by atoms with Crippen molar-refractivity contribution in [1.82, 2.24) is 10.2 Å². The van der Waals surface area contributed by atoms with Gasteiger partial charge in [-0.1, -0.05) is 12.1 Å². The predicted octanol–water partition coefficient (Wildman–Crippen LogP) is 3.24. The molecule has 0 radical (unpaired) electrons. The molecule has 2 aromatic carbocycles. The molecule has 0 unspecified atom stereocenters. The van der Waals surface area contributed by atoms with Gasteiger partial charge in [-0.25, -0.2) is 9.18 Å². The lowest BCUT2D eigenvalue weighted by molar-refractivity contribution is 0.102. The molecular weight excluding hydrogens is 371 g/mol. The van der Waals surface area contributed by atoms with Gasteiger partial charge in [0.15, 0.2) is 0 Å². The molecule has 0 fully saturated rings. The fourth-order valence-corrected chi connectivity index (χ4v) is 2.80. The van der Waals surface area contributed by atoms with Crippen molar-refractivity contribution in [3.8, 4) is 0 Å². The van der Waals surface area contributed by atoms with E-state index < -0.39 is 5.91 Å². The van der Waals surface area contributed by atoms with Crippen molar-refractivity contribution in [1.29, 1.82) is 0 Å². The highest BCUT2D eigenvalue weighted by Crippen LogP contribution is 2.25. The summed E-state index contributed by atoms with van der Waals surface area (Å²) in [5, 5.41) is 8.49. The number of fused-ring (bicyclic) bond motifs is 1. The summed E-state index contributed by atoms with van der Waals surface area (Å²) in [7, 11) is 3.25. The van der Waals surface area contributed by atoms with Crippen LogP contribution in [0.4, 0.5) is 20.6 Å². The van der Waals surface area contributed by atoms with Crippen LogP contribution >= 0.6 is 12.4 Å². The number of hydrogen-bond acceptors (Lipinski definition) is 3. The maximum atomic E-state index is 14.7. The van der Waals surface area contributed by atoms with E-state index >= 15 is 0 Å². The molecule has 0 spiro atoms. The van der Waals surface area contributed by atoms with E-state index in [0.717, 1.165) is 12.1 Å². The molecule has 144 valence electrons. The molecule has 0 bridgehead atoms. The highest BCUT2D eigenvalue weighted by atomic mass is 35.5. The zero-order valence-corrected chi connectivity index (χ0v) is 16.0. The first-order valence-electron chi connectivity index (χ1n) is 8.36. The van der Waals surface area contributed by atoms with Gasteiger partial charge in [0.05, 0.1) is 5.69 Å². The average Bonchev–Trinajstić information content (AvgIpc) is 2.64. The van der Waals surface area contributed by atoms with Crippen LogP contribution < -0.4 is 16.0 Å². The largest absolute Gasteiger partial charge is 0.331 e. The summed E-state index contributed by atoms with van der Waals surface area (Å²) in [5.41, 5.74) is 2.56. The first-order chi connectivity index (χ1) is 12.5. The van der Waals surface area contributed by atoms with Crippen LogP contribution in [0.1, 0.15) is 21.5 Å². The SMILES string of the molecule is CN(C)C(=O)Nc1cccc(C(=O)Nc2ccc3c(c2F)CCNC3)c1.Cl. The van der Waals surface area contributed by atoms with Crippen molar-refractivity contribution in [2.24, 2.45) is 0 Å². The number of carbonyl (C=O) groups excluding carboxylic acids is 2. The van der Waals surface area contributed by atoms with Gasteiger partial charge in [0, 0.05) is 31.9 Å². The third kappa shape index (κ3) is 4.75. The lowest BCUT2D eigenvalue weighted by Crippen LogP contribution is -2.27. The Morgan fingerprint density at radius 2 is 1.93 bits per heavy atom. The van der Waals surface area contributed by atoms with Crippen molar-refractivity contribution >= 4 is 35.7 Å². The summed E-state index contributed by atoms with van der Waals surface area (Å²) in [5.74, 6) is -0.812. The quantitative estimate of drug-likeness (QED) is 0.750. The number of hydrogen-bond donors (Lipinski definition) is 3. The number of carbonyl (C=O) groups is 2. The van der Waals surface area contributed by atoms with Crippen LogP contribution in [0.15, 0.2) is 36.4 Å². The normalized spacial score (nSPS) is 12.4. The Balaban J connectivity index is 0.00000261. The molecule has 1 aliphatic rings. The second-order valence-electron chi connectivity index (χ2n) is 6.35. The van der Waals surface area contributed by atoms with Gasteiger partial charge in [-0.15, -0.1) is 12.4 Å². The summed E-state index contributed by atoms with van der Waals surface area (Å²) in [6.07, 6.45) is 0.594. The summed E-state index contributed by atoms with van der Waals surface area (Å²) in [4.78, 5) is 25.6. The monoisotopic (exact) mass is 392 g/mol. The molecule has 2 aromatic rings. The molecule has 0 atom stereocenters. The van der Waals surface area contributed by atoms with Gasteiger partial charge in [0.2, 0.25) is 0 Å². The first kappa shape index (κ1) is 20.7. The number of benzene rings is 2. The van der Waals surface area contributed by atoms with Gasteiger partial charge in [-0.3, -0.25) is 4.79 Å². The molecule has 0 saturated heterocycles. The molecule has 8 heteroatoms. The van der Waals surface area contributed by atoms with E-state index in [2.05, 4.69) is 16.0 Å². The number of urea groups is 1. The summed E-state index contributed by atoms with van der Waals surface area (Å²) in [6.45, 7) is 1.35. The van der Waals surface area contributed by atoms with Crippen LogP contribution in [0.5, 0.6) is 0 Å². The molecule has 0 aromatic heterocycles. The van der Waals surface area contributed by atoms with E-state index in [1.807, 2.05) is 6.07 Å². The van der Waals surface area contributed by atoms with E-state index in [9.17, 15) is 14.0 Å². The second-order valence-corrected chi connectivity index (χ2v) is 6.35. The zero-order chi connectivity index (χ0) is 18.7. The number of anilines is 2. The molecular formula is C19H22ClFN4O2. The minimum Gasteiger partial charge on any atom is -0.331 e. The third-order valence-corrected chi connectivity index (χ3v) is 4.24. The Morgan fingerprint density at radius 1 is 1.15 bits per heavy atom. The maximum absolute atomic E-state index is 14.7. The molecule has 3 rings (SSSR count). The van der Waals surface area contributed by atoms with Gasteiger partial charge in [0.1, 0.15) is 5.82 Å². The number of halogens is 2. The lowest BCUT2D eigenvalue weighted by atomic mass is 9.99. The van der Waals surface area contributed by atoms with Crippen LogP contribution in [-0.2, 0) is 13.0 Å². The van der Waals surface area contributed by atoms with Gasteiger partial charge >= 0.3 is 6.03 Å². The molecule has 1 aliphatic heterocycles. The van der Waals surface area contributed by atoms with E-state index in [-0.39, 0.29) is 29.9 Å². The first-order valence-corrected chi connectivity index (χ1v) is 8.36. The average molecular weight is 393 g/mol. The predicted molar refractivity (Wildman–Crippen MR) is 106 cm³/mol. The van der Waals surface area contributed by atoms with Gasteiger partial charge < -0.3 is 20.9 Å². The summed E-state index contributed by atoms with van der Waals surface area (Å²) < 4.78 is 14.7. The standard InChI is InChI=1S/C19H21FN4O2.ClH/c1-24(2)19(26)22-14-5-3-4-12(10-14)18(25)23-16-7-6-13-11-21-9-8-15(13)17(16)20;/h3-7,10,21H,8-9,11H2,1-2H3,(H,22,26)(H,23,25);1H. The Morgan fingerprint density at radius 3 is 2.67 bits per heavy atom. The molecule has 0 aliphatic carbocycles. The van der Waals surface area contributed by atoms with Crippen LogP contribution in [0.3, 0.4) is 0 Å². The Kier molecular flexibility index (Phi) is 6.76. The fraction of sp³-hybridized carbons (Fsp3) is 0.263. The fourth-order valence-electron chi connectivity index (χ4n) is 2.80. The number of nitrogens with zero attached hydrogens (tertiary/aromatic N) is 1. The highest BCUT2D eigenvalue weighted by molar-refractivity contribution is 6.05. The Bertz CT molecular complexity index is 858. The van der Waals surface area contributed by atoms with Crippen LogP contribution in [0.25, 0.3) is 0 Å². The maximum Gasteiger partial charge on any atom is 0.321 e. The lowest BCUT2D eigenvalue weighted by Gasteiger charge is -2.19. The third-order valence-electron chi connectivity index (χ3n) is 4.24. The number of rotatable bonds is 3. The smallest absolute Gasteiger partial charge is 0.321 e. The molecule has 6 nitrogen and oxygen atoms in total. The summed E-state index contributed by atoms with van der Waals surface area (Å²) in [6, 6.07) is 9.62. The van der Waals surface area contributed by atoms with Gasteiger partial charge in [-0.05, 0) is 48.4 Å². The Hall–Kier alpha value is -2.64. The zero-order valence-electron chi connectivity index (χ0n) is 15.1. The van der Waals surface area contributed by atoms with Crippen LogP contribution in [0.2, 0.25) is 0 Å². The minimum absolute atomic E-state index is 0. The van der Waals surface area contributed by atoms with Crippen molar-refractivity contribution in [2.75, 3.05) is 31.3 Å². The minimum atomic E-state index is -0.432. The van der Waals surface area contributed by atoms with Crippen molar-refractivity contribution < 1.29 is 14.0 Å². The van der Waals surface area contributed by atoms with E-state index in [1.165, 1.54) is 4.90 Å². The number of amides is 3. The number of nitrogens with one attached hydrogen (secondary N) is 3. The summed E-state index contributed by atoms with van der Waals surface area (Å²) >= 11 is 0. The molecule has 3 amide bonds. The van der Waals surface area contributed by atoms with Crippen LogP contribution in [-0.4, -0.2) is 37.5 Å². The van der Waals surface area contributed by atoms with Crippen LogP contribution in [0, 0.1) is 5.82 Å². The molecule has 3 N–H and O–H groups in total. The van der Waals surface area contributed by atoms with E-state index in [4.69, 9.17) is 0 Å². The molecule has 27 heavy (non-hydrogen) atoms. The van der Waals surface area contributed by atoms with E-state index in [0.29, 0.717) is 29.8 Å². The van der Waals surface area contributed by atoms with Crippen molar-refractivity contribution in [2.45, 2.75) is 13.0 Å². The van der Waals surface area contributed by atoms with Gasteiger partial charge in [0.25, 0.3) is 5.91 Å². The van der Waals surface area contributed by atoms with Gasteiger partial charge in [-0.2, -0.15) is 0 Å². The van der Waals surface area contributed by atoms with E-state index in [1.54, 1.807) is 44.4 Å². The second kappa shape index (κ2) is 8.83. The molecule has 0 saturated carbocycles. The van der Waals surface area contributed by atoms with Crippen molar-refractivity contribution in [3.05, 3.63) is 58.9 Å². The Labute approximate surface area is 163 Å². The molecule has 1 heterocycles. The van der Waals surface area contributed by atoms with Crippen molar-refractivity contribution in [3.63, 3.8) is 0 Å². The topological polar surface area (TPSA) is 73.5 Å².